The molecule has 0 radical (unpaired) electrons. The minimum absolute atomic E-state index is 0.103. The molecule has 0 aliphatic rings. The van der Waals surface area contributed by atoms with Crippen LogP contribution >= 0.6 is 0 Å². The Balaban J connectivity index is 2.31. The second-order valence-electron chi connectivity index (χ2n) is 4.28. The molecule has 0 spiro atoms. The van der Waals surface area contributed by atoms with Gasteiger partial charge in [0.25, 0.3) is 0 Å². The largest absolute Gasteiger partial charge is 0.497 e. The van der Waals surface area contributed by atoms with Crippen LogP contribution in [0, 0.1) is 23.3 Å². The number of ketones is 1. The summed E-state index contributed by atoms with van der Waals surface area (Å²) in [5.41, 5.74) is -0.771. The fourth-order valence-corrected chi connectivity index (χ4v) is 1.82. The van der Waals surface area contributed by atoms with Gasteiger partial charge in [0.15, 0.2) is 29.1 Å². The van der Waals surface area contributed by atoms with Gasteiger partial charge in [-0.05, 0) is 24.3 Å². The van der Waals surface area contributed by atoms with Crippen LogP contribution in [0.2, 0.25) is 0 Å². The van der Waals surface area contributed by atoms with Crippen LogP contribution in [0.4, 0.5) is 17.6 Å². The third-order valence-corrected chi connectivity index (χ3v) is 2.95. The molecule has 0 atom stereocenters. The van der Waals surface area contributed by atoms with Crippen molar-refractivity contribution < 1.29 is 27.1 Å². The van der Waals surface area contributed by atoms with Crippen molar-refractivity contribution in [1.29, 1.82) is 0 Å². The summed E-state index contributed by atoms with van der Waals surface area (Å²) in [5.74, 6) is -6.36. The predicted octanol–water partition coefficient (Wildman–Crippen LogP) is 3.68. The lowest BCUT2D eigenvalue weighted by Gasteiger charge is -2.07. The Morgan fingerprint density at radius 2 is 1.52 bits per heavy atom. The zero-order chi connectivity index (χ0) is 15.6. The zero-order valence-corrected chi connectivity index (χ0v) is 10.9. The number of rotatable bonds is 4. The highest BCUT2D eigenvalue weighted by atomic mass is 19.2. The van der Waals surface area contributed by atoms with Crippen molar-refractivity contribution in [3.63, 3.8) is 0 Å². The molecular formula is C15H10F4O2. The summed E-state index contributed by atoms with van der Waals surface area (Å²) in [6.07, 6.45) is -0.779. The fraction of sp³-hybridized carbons (Fsp3) is 0.133. The molecule has 2 aromatic carbocycles. The molecule has 0 fully saturated rings. The Morgan fingerprint density at radius 3 is 2.00 bits per heavy atom. The highest BCUT2D eigenvalue weighted by Crippen LogP contribution is 2.21. The van der Waals surface area contributed by atoms with Crippen molar-refractivity contribution in [1.82, 2.24) is 0 Å². The Morgan fingerprint density at radius 1 is 1.00 bits per heavy atom. The van der Waals surface area contributed by atoms with Crippen LogP contribution in [0.3, 0.4) is 0 Å². The quantitative estimate of drug-likeness (QED) is 0.489. The molecule has 21 heavy (non-hydrogen) atoms. The summed E-state index contributed by atoms with van der Waals surface area (Å²) in [6.45, 7) is 0. The van der Waals surface area contributed by atoms with Crippen molar-refractivity contribution in [2.75, 3.05) is 7.11 Å². The predicted molar refractivity (Wildman–Crippen MR) is 67.3 cm³/mol. The summed E-state index contributed by atoms with van der Waals surface area (Å²) in [7, 11) is 1.44. The Kier molecular flexibility index (Phi) is 4.26. The van der Waals surface area contributed by atoms with Crippen molar-refractivity contribution in [3.05, 3.63) is 64.7 Å². The molecule has 2 nitrogen and oxygen atoms in total. The first kappa shape index (κ1) is 15.0. The van der Waals surface area contributed by atoms with Crippen molar-refractivity contribution in [3.8, 4) is 5.75 Å². The normalized spacial score (nSPS) is 10.5. The van der Waals surface area contributed by atoms with Gasteiger partial charge in [0.05, 0.1) is 7.11 Å². The molecule has 0 saturated heterocycles. The Labute approximate surface area is 118 Å². The second-order valence-corrected chi connectivity index (χ2v) is 4.28. The van der Waals surface area contributed by atoms with E-state index in [-0.39, 0.29) is 11.6 Å². The van der Waals surface area contributed by atoms with Crippen molar-refractivity contribution in [2.24, 2.45) is 0 Å². The van der Waals surface area contributed by atoms with Crippen LogP contribution < -0.4 is 4.74 Å². The van der Waals surface area contributed by atoms with E-state index in [1.807, 2.05) is 0 Å². The van der Waals surface area contributed by atoms with Gasteiger partial charge in [-0.1, -0.05) is 0 Å². The maximum atomic E-state index is 13.5. The number of halogens is 4. The molecular weight excluding hydrogens is 288 g/mol. The molecule has 0 bridgehead atoms. The summed E-state index contributed by atoms with van der Waals surface area (Å²) in [6, 6.07) is 5.88. The van der Waals surface area contributed by atoms with Gasteiger partial charge < -0.3 is 4.74 Å². The van der Waals surface area contributed by atoms with E-state index in [0.29, 0.717) is 5.75 Å². The summed E-state index contributed by atoms with van der Waals surface area (Å²) in [5, 5.41) is 0. The Hall–Kier alpha value is -2.37. The zero-order valence-electron chi connectivity index (χ0n) is 10.9. The van der Waals surface area contributed by atoms with E-state index < -0.39 is 41.0 Å². The van der Waals surface area contributed by atoms with Crippen LogP contribution in [0.1, 0.15) is 15.9 Å². The van der Waals surface area contributed by atoms with Gasteiger partial charge in [0, 0.05) is 23.6 Å². The number of benzene rings is 2. The smallest absolute Gasteiger partial charge is 0.167 e. The number of methoxy groups -OCH3 is 1. The molecule has 6 heteroatoms. The monoisotopic (exact) mass is 298 g/mol. The van der Waals surface area contributed by atoms with Gasteiger partial charge in [0.1, 0.15) is 5.75 Å². The molecule has 0 aliphatic heterocycles. The van der Waals surface area contributed by atoms with E-state index >= 15 is 0 Å². The molecule has 0 amide bonds. The first-order valence-corrected chi connectivity index (χ1v) is 5.93. The molecule has 0 N–H and O–H groups in total. The summed E-state index contributed by atoms with van der Waals surface area (Å²) < 4.78 is 58.0. The maximum Gasteiger partial charge on any atom is 0.167 e. The van der Waals surface area contributed by atoms with Gasteiger partial charge in [-0.15, -0.1) is 0 Å². The van der Waals surface area contributed by atoms with Crippen LogP contribution in [-0.2, 0) is 6.42 Å². The third kappa shape index (κ3) is 3.04. The first-order valence-electron chi connectivity index (χ1n) is 5.93. The highest BCUT2D eigenvalue weighted by molar-refractivity contribution is 5.97. The number of hydrogen-bond acceptors (Lipinski definition) is 2. The number of Topliss-reactive ketones (excluding diaryl/α,β-unsaturated/α-hetero) is 1. The van der Waals surface area contributed by atoms with E-state index in [0.717, 1.165) is 0 Å². The number of carbonyl (C=O) groups excluding carboxylic acids is 1. The number of carbonyl (C=O) groups is 1. The van der Waals surface area contributed by atoms with Gasteiger partial charge in [0.2, 0.25) is 0 Å². The van der Waals surface area contributed by atoms with Gasteiger partial charge in [-0.3, -0.25) is 4.79 Å². The molecule has 2 aromatic rings. The number of hydrogen-bond donors (Lipinski definition) is 0. The molecule has 0 aromatic heterocycles. The van der Waals surface area contributed by atoms with E-state index in [1.165, 1.54) is 31.4 Å². The molecule has 0 heterocycles. The van der Waals surface area contributed by atoms with Crippen LogP contribution in [0.15, 0.2) is 30.3 Å². The van der Waals surface area contributed by atoms with Crippen LogP contribution in [0.25, 0.3) is 0 Å². The van der Waals surface area contributed by atoms with E-state index in [9.17, 15) is 22.4 Å². The lowest BCUT2D eigenvalue weighted by Crippen LogP contribution is -2.10. The lowest BCUT2D eigenvalue weighted by molar-refractivity contribution is 0.0990. The first-order chi connectivity index (χ1) is 9.93. The SMILES string of the molecule is COc1ccc(C(=O)Cc2c(F)c(F)cc(F)c2F)cc1. The van der Waals surface area contributed by atoms with E-state index in [4.69, 9.17) is 4.74 Å². The Bertz CT molecular complexity index is 655. The minimum atomic E-state index is -1.56. The average molecular weight is 298 g/mol. The molecule has 0 saturated carbocycles. The summed E-state index contributed by atoms with van der Waals surface area (Å²) in [4.78, 5) is 11.9. The van der Waals surface area contributed by atoms with Crippen molar-refractivity contribution >= 4 is 5.78 Å². The molecule has 110 valence electrons. The fourth-order valence-electron chi connectivity index (χ4n) is 1.82. The van der Waals surface area contributed by atoms with E-state index in [1.54, 1.807) is 0 Å². The van der Waals surface area contributed by atoms with Crippen LogP contribution in [0.5, 0.6) is 5.75 Å². The molecule has 0 unspecified atom stereocenters. The average Bonchev–Trinajstić information content (AvgIpc) is 2.49. The minimum Gasteiger partial charge on any atom is -0.497 e. The highest BCUT2D eigenvalue weighted by Gasteiger charge is 2.21. The maximum absolute atomic E-state index is 13.5. The summed E-state index contributed by atoms with van der Waals surface area (Å²) >= 11 is 0. The topological polar surface area (TPSA) is 26.3 Å². The lowest BCUT2D eigenvalue weighted by atomic mass is 10.0. The second kappa shape index (κ2) is 5.95. The third-order valence-electron chi connectivity index (χ3n) is 2.95. The van der Waals surface area contributed by atoms with Crippen LogP contribution in [-0.4, -0.2) is 12.9 Å². The van der Waals surface area contributed by atoms with Crippen molar-refractivity contribution in [2.45, 2.75) is 6.42 Å². The number of ether oxygens (including phenoxy) is 1. The van der Waals surface area contributed by atoms with Gasteiger partial charge in [-0.2, -0.15) is 0 Å². The van der Waals surface area contributed by atoms with E-state index in [2.05, 4.69) is 0 Å². The van der Waals surface area contributed by atoms with Gasteiger partial charge in [-0.25, -0.2) is 17.6 Å². The standard InChI is InChI=1S/C15H10F4O2/c1-21-9-4-2-8(3-5-9)13(20)6-10-14(18)11(16)7-12(17)15(10)19/h2-5,7H,6H2,1H3. The van der Waals surface area contributed by atoms with Gasteiger partial charge >= 0.3 is 0 Å². The molecule has 2 rings (SSSR count). The molecule has 0 aliphatic carbocycles.